The largest absolute Gasteiger partial charge is 0.501 e. The number of aromatic hydroxyl groups is 1. The molecule has 6 rings (SSSR count). The predicted octanol–water partition coefficient (Wildman–Crippen LogP) is 7.90. The summed E-state index contributed by atoms with van der Waals surface area (Å²) in [7, 11) is 2.85. The average molecular weight is 959 g/mol. The van der Waals surface area contributed by atoms with Crippen molar-refractivity contribution in [3.05, 3.63) is 48.3 Å². The van der Waals surface area contributed by atoms with Gasteiger partial charge in [-0.2, -0.15) is 18.6 Å². The van der Waals surface area contributed by atoms with Crippen LogP contribution in [-0.4, -0.2) is 128 Å². The number of amides is 2. The molecule has 2 fully saturated rings. The summed E-state index contributed by atoms with van der Waals surface area (Å²) >= 11 is 2.01. The Morgan fingerprint density at radius 3 is 1.58 bits per heavy atom. The van der Waals surface area contributed by atoms with Crippen molar-refractivity contribution in [1.29, 1.82) is 0 Å². The number of aryl methyl sites for hydroxylation is 2. The van der Waals surface area contributed by atoms with E-state index in [4.69, 9.17) is 32.4 Å². The van der Waals surface area contributed by atoms with Gasteiger partial charge in [0, 0.05) is 51.9 Å². The van der Waals surface area contributed by atoms with Gasteiger partial charge < -0.3 is 49.2 Å². The van der Waals surface area contributed by atoms with Gasteiger partial charge in [-0.3, -0.25) is 0 Å². The molecule has 0 bridgehead atoms. The third-order valence-electron chi connectivity index (χ3n) is 9.48. The van der Waals surface area contributed by atoms with Gasteiger partial charge in [-0.1, -0.05) is 0 Å². The van der Waals surface area contributed by atoms with Crippen molar-refractivity contribution in [2.24, 2.45) is 0 Å². The quantitative estimate of drug-likeness (QED) is 0.0487. The molecule has 0 unspecified atom stereocenters. The van der Waals surface area contributed by atoms with Crippen LogP contribution in [0, 0.1) is 13.8 Å². The topological polar surface area (TPSA) is 245 Å². The lowest BCUT2D eigenvalue weighted by atomic mass is 10.1. The maximum Gasteiger partial charge on any atom is 0.410 e. The van der Waals surface area contributed by atoms with Gasteiger partial charge in [0.05, 0.1) is 79.9 Å². The van der Waals surface area contributed by atoms with Crippen LogP contribution in [0.25, 0.3) is 0 Å². The minimum Gasteiger partial charge on any atom is -0.501 e. The van der Waals surface area contributed by atoms with E-state index in [9.17, 15) is 14.7 Å². The van der Waals surface area contributed by atoms with Crippen LogP contribution in [0.15, 0.2) is 47.0 Å². The van der Waals surface area contributed by atoms with Crippen LogP contribution in [0.5, 0.6) is 23.3 Å². The van der Waals surface area contributed by atoms with Crippen molar-refractivity contribution in [3.8, 4) is 23.3 Å². The van der Waals surface area contributed by atoms with Gasteiger partial charge in [0.25, 0.3) is 11.8 Å². The van der Waals surface area contributed by atoms with Gasteiger partial charge in [0.1, 0.15) is 34.9 Å². The molecule has 4 aromatic heterocycles. The minimum absolute atomic E-state index is 0.0805. The monoisotopic (exact) mass is 958 g/mol. The molecule has 4 aromatic rings. The zero-order chi connectivity index (χ0) is 47.6. The summed E-state index contributed by atoms with van der Waals surface area (Å²) in [5.74, 6) is 1.34. The van der Waals surface area contributed by atoms with Gasteiger partial charge in [0.15, 0.2) is 11.6 Å². The maximum atomic E-state index is 12.1. The fourth-order valence-electron chi connectivity index (χ4n) is 6.35. The normalized spacial score (nSPS) is 14.3. The Labute approximate surface area is 392 Å². The van der Waals surface area contributed by atoms with E-state index >= 15 is 0 Å². The smallest absolute Gasteiger partial charge is 0.410 e. The molecular weight excluding hydrogens is 901 g/mol. The molecule has 0 saturated carbocycles. The molecule has 360 valence electrons. The Morgan fingerprint density at radius 1 is 0.697 bits per heavy atom. The van der Waals surface area contributed by atoms with E-state index in [2.05, 4.69) is 50.3 Å². The van der Waals surface area contributed by atoms with E-state index < -0.39 is 0 Å². The second-order valence-electron chi connectivity index (χ2n) is 15.1. The van der Waals surface area contributed by atoms with Crippen LogP contribution in [0.1, 0.15) is 71.7 Å². The van der Waals surface area contributed by atoms with Crippen molar-refractivity contribution in [3.63, 3.8) is 0 Å². The summed E-state index contributed by atoms with van der Waals surface area (Å²) in [5.41, 5.74) is 2.83. The van der Waals surface area contributed by atoms with E-state index in [0.717, 1.165) is 35.5 Å². The summed E-state index contributed by atoms with van der Waals surface area (Å²) < 4.78 is 38.1. The van der Waals surface area contributed by atoms with E-state index in [1.807, 2.05) is 54.5 Å². The van der Waals surface area contributed by atoms with Crippen LogP contribution in [-0.2, 0) is 27.9 Å². The Bertz CT molecular complexity index is 2180. The lowest BCUT2D eigenvalue weighted by Gasteiger charge is -2.32. The number of hydrogen-bond donors (Lipinski definition) is 3. The van der Waals surface area contributed by atoms with Crippen molar-refractivity contribution < 1.29 is 56.8 Å². The lowest BCUT2D eigenvalue weighted by Crippen LogP contribution is -2.42. The number of hydrogen-bond acceptors (Lipinski definition) is 22. The highest BCUT2D eigenvalue weighted by Crippen LogP contribution is 2.37. The number of aromatic nitrogens is 6. The van der Waals surface area contributed by atoms with E-state index in [0.29, 0.717) is 97.3 Å². The number of nitrogens with one attached hydrogen (secondary N) is 2. The number of rotatable bonds is 18. The first-order valence-corrected chi connectivity index (χ1v) is 22.8. The highest BCUT2D eigenvalue weighted by atomic mass is 32.2. The Balaban J connectivity index is 0.000000248. The Hall–Kier alpha value is -5.66. The first kappa shape index (κ1) is 51.3. The second kappa shape index (κ2) is 25.9. The van der Waals surface area contributed by atoms with Gasteiger partial charge in [0.2, 0.25) is 11.5 Å². The average Bonchev–Trinajstić information content (AvgIpc) is 3.29. The van der Waals surface area contributed by atoms with Crippen molar-refractivity contribution in [1.82, 2.24) is 39.7 Å². The Kier molecular flexibility index (Phi) is 20.1. The van der Waals surface area contributed by atoms with E-state index in [1.165, 1.54) is 26.9 Å². The van der Waals surface area contributed by atoms with E-state index in [1.54, 1.807) is 28.0 Å². The molecule has 66 heavy (non-hydrogen) atoms. The minimum atomic E-state index is -0.322. The standard InChI is InChI=1S/C22H31N5O6S.C20H27N5O6S/c1-6-30-19-20(26-17-7-8-18(25-15(17)4)34-33-29-5)23-13-24-21(19)32-16-9-11-27(12-10-16)22(28)31-14(2)3;1-12(2)29-20(27)25-9-7-14(8-10-25)30-19-17(26)18(21-11-22-19)24-15-5-6-16(23-13(15)3)32-31-28-4/h7-8,13-14,16H,6,9-12H2,1-5H3,(H,23,24,26);5-6,11-12,14,26H,7-10H2,1-4H3,(H,21,22,24). The molecule has 6 heterocycles. The molecule has 0 spiro atoms. The third kappa shape index (κ3) is 15.5. The van der Waals surface area contributed by atoms with Crippen LogP contribution in [0.4, 0.5) is 32.6 Å². The number of likely N-dealkylation sites (tertiary alicyclic amines) is 2. The summed E-state index contributed by atoms with van der Waals surface area (Å²) in [4.78, 5) is 62.3. The molecule has 0 aromatic carbocycles. The SMILES string of the molecule is CCOc1c(Nc2ccc(SOOC)nc2C)ncnc1OC1CCN(C(=O)OC(C)C)CC1.COOSc1ccc(Nc2ncnc(OC3CCN(C(=O)OC(C)C)CC3)c2O)c(C)n1. The summed E-state index contributed by atoms with van der Waals surface area (Å²) in [5, 5.41) is 18.2. The molecule has 0 aliphatic carbocycles. The van der Waals surface area contributed by atoms with Gasteiger partial charge >= 0.3 is 12.2 Å². The fraction of sp³-hybridized carbons (Fsp3) is 0.524. The van der Waals surface area contributed by atoms with E-state index in [-0.39, 0.29) is 54.0 Å². The number of anilines is 4. The van der Waals surface area contributed by atoms with Crippen molar-refractivity contribution >= 4 is 59.3 Å². The summed E-state index contributed by atoms with van der Waals surface area (Å²) in [6, 6.07) is 7.20. The molecule has 24 heteroatoms. The second-order valence-corrected chi connectivity index (χ2v) is 16.5. The third-order valence-corrected chi connectivity index (χ3v) is 10.7. The van der Waals surface area contributed by atoms with Crippen molar-refractivity contribution in [2.45, 2.75) is 109 Å². The lowest BCUT2D eigenvalue weighted by molar-refractivity contribution is -0.160. The molecule has 2 saturated heterocycles. The molecule has 22 nitrogen and oxygen atoms in total. The summed E-state index contributed by atoms with van der Waals surface area (Å²) in [6.45, 7) is 15.4. The number of nitrogens with zero attached hydrogens (tertiary/aromatic N) is 8. The van der Waals surface area contributed by atoms with Crippen LogP contribution >= 0.6 is 24.1 Å². The molecule has 0 radical (unpaired) electrons. The molecule has 2 amide bonds. The highest BCUT2D eigenvalue weighted by molar-refractivity contribution is 7.94. The Morgan fingerprint density at radius 2 is 1.14 bits per heavy atom. The van der Waals surface area contributed by atoms with Gasteiger partial charge in [-0.15, -0.1) is 0 Å². The number of piperidine rings is 2. The number of carbonyl (C=O) groups excluding carboxylic acids is 2. The zero-order valence-corrected chi connectivity index (χ0v) is 40.1. The van der Waals surface area contributed by atoms with Crippen LogP contribution < -0.4 is 24.8 Å². The van der Waals surface area contributed by atoms with Crippen LogP contribution in [0.3, 0.4) is 0 Å². The molecule has 0 atom stereocenters. The predicted molar refractivity (Wildman–Crippen MR) is 243 cm³/mol. The summed E-state index contributed by atoms with van der Waals surface area (Å²) in [6.07, 6.45) is 4.06. The highest BCUT2D eigenvalue weighted by Gasteiger charge is 2.29. The zero-order valence-electron chi connectivity index (χ0n) is 38.5. The number of pyridine rings is 2. The maximum absolute atomic E-state index is 12.1. The molecular formula is C42H58N10O12S2. The molecule has 3 N–H and O–H groups in total. The first-order chi connectivity index (χ1) is 31.8. The first-order valence-electron chi connectivity index (χ1n) is 21.3. The fourth-order valence-corrected chi connectivity index (χ4v) is 7.22. The number of ether oxygens (including phenoxy) is 5. The van der Waals surface area contributed by atoms with Crippen LogP contribution in [0.2, 0.25) is 0 Å². The molecule has 2 aliphatic rings. The van der Waals surface area contributed by atoms with Gasteiger partial charge in [-0.05, 0) is 72.7 Å². The van der Waals surface area contributed by atoms with Crippen molar-refractivity contribution in [2.75, 3.05) is 57.6 Å². The van der Waals surface area contributed by atoms with Gasteiger partial charge in [-0.25, -0.2) is 39.3 Å². The number of carbonyl (C=O) groups is 2. The molecule has 2 aliphatic heterocycles.